The predicted octanol–water partition coefficient (Wildman–Crippen LogP) is 3.87. The molecule has 0 aliphatic rings. The second kappa shape index (κ2) is 5.32. The maximum absolute atomic E-state index is 6.18. The van der Waals surface area contributed by atoms with Crippen molar-refractivity contribution in [3.63, 3.8) is 0 Å². The van der Waals surface area contributed by atoms with Crippen molar-refractivity contribution in [2.45, 2.75) is 13.5 Å². The van der Waals surface area contributed by atoms with E-state index in [0.29, 0.717) is 0 Å². The maximum Gasteiger partial charge on any atom is 0.0457 e. The Morgan fingerprint density at radius 2 is 1.94 bits per heavy atom. The minimum absolute atomic E-state index is 0.743. The molecule has 2 rings (SSSR count). The lowest BCUT2D eigenvalue weighted by Crippen LogP contribution is -2.16. The monoisotopic (exact) mass is 260 g/mol. The van der Waals surface area contributed by atoms with Crippen LogP contribution in [0.5, 0.6) is 0 Å². The second-order valence-electron chi connectivity index (χ2n) is 4.55. The van der Waals surface area contributed by atoms with Crippen molar-refractivity contribution >= 4 is 23.0 Å². The molecule has 2 N–H and O–H groups in total. The molecule has 0 atom stereocenters. The lowest BCUT2D eigenvalue weighted by Gasteiger charge is -2.20. The van der Waals surface area contributed by atoms with Crippen LogP contribution in [0, 0.1) is 6.92 Å². The first-order valence-electron chi connectivity index (χ1n) is 5.88. The molecular formula is C15H17ClN2. The molecular weight excluding hydrogens is 244 g/mol. The van der Waals surface area contributed by atoms with Crippen molar-refractivity contribution in [2.24, 2.45) is 0 Å². The van der Waals surface area contributed by atoms with Gasteiger partial charge in [0.1, 0.15) is 0 Å². The molecule has 0 radical (unpaired) electrons. The third kappa shape index (κ3) is 2.96. The van der Waals surface area contributed by atoms with E-state index in [1.54, 1.807) is 0 Å². The second-order valence-corrected chi connectivity index (χ2v) is 4.95. The molecule has 0 fully saturated rings. The van der Waals surface area contributed by atoms with Gasteiger partial charge in [-0.1, -0.05) is 23.7 Å². The molecule has 2 aromatic carbocycles. The normalized spacial score (nSPS) is 10.4. The molecule has 0 unspecified atom stereocenters. The highest BCUT2D eigenvalue weighted by Crippen LogP contribution is 2.23. The van der Waals surface area contributed by atoms with Crippen LogP contribution >= 0.6 is 11.6 Å². The van der Waals surface area contributed by atoms with Crippen molar-refractivity contribution < 1.29 is 0 Å². The molecule has 2 nitrogen and oxygen atoms in total. The lowest BCUT2D eigenvalue weighted by molar-refractivity contribution is 0.923. The van der Waals surface area contributed by atoms with Crippen LogP contribution in [0.2, 0.25) is 5.02 Å². The van der Waals surface area contributed by atoms with Gasteiger partial charge in [0, 0.05) is 30.0 Å². The third-order valence-corrected chi connectivity index (χ3v) is 3.29. The summed E-state index contributed by atoms with van der Waals surface area (Å²) in [7, 11) is 2.05. The number of nitrogens with zero attached hydrogens (tertiary/aromatic N) is 1. The molecule has 0 aliphatic carbocycles. The summed E-state index contributed by atoms with van der Waals surface area (Å²) in [6, 6.07) is 14.0. The zero-order valence-electron chi connectivity index (χ0n) is 10.7. The van der Waals surface area contributed by atoms with Crippen LogP contribution in [0.25, 0.3) is 0 Å². The third-order valence-electron chi connectivity index (χ3n) is 2.92. The smallest absolute Gasteiger partial charge is 0.0457 e. The number of halogens is 1. The zero-order valence-corrected chi connectivity index (χ0v) is 11.4. The van der Waals surface area contributed by atoms with Crippen LogP contribution in [0.3, 0.4) is 0 Å². The van der Waals surface area contributed by atoms with Crippen LogP contribution < -0.4 is 10.6 Å². The van der Waals surface area contributed by atoms with Crippen molar-refractivity contribution in [3.8, 4) is 0 Å². The van der Waals surface area contributed by atoms with E-state index in [1.165, 1.54) is 11.3 Å². The Hall–Kier alpha value is -1.67. The Balaban J connectivity index is 2.21. The number of anilines is 2. The number of hydrogen-bond acceptors (Lipinski definition) is 2. The van der Waals surface area contributed by atoms with E-state index in [9.17, 15) is 0 Å². The highest BCUT2D eigenvalue weighted by Gasteiger charge is 2.06. The van der Waals surface area contributed by atoms with Crippen molar-refractivity contribution in [2.75, 3.05) is 17.7 Å². The largest absolute Gasteiger partial charge is 0.399 e. The van der Waals surface area contributed by atoms with E-state index >= 15 is 0 Å². The predicted molar refractivity (Wildman–Crippen MR) is 79.2 cm³/mol. The molecule has 0 amide bonds. The van der Waals surface area contributed by atoms with Gasteiger partial charge in [-0.25, -0.2) is 0 Å². The first-order chi connectivity index (χ1) is 8.56. The average molecular weight is 261 g/mol. The van der Waals surface area contributed by atoms with Crippen LogP contribution in [-0.2, 0) is 6.54 Å². The van der Waals surface area contributed by atoms with E-state index in [2.05, 4.69) is 36.1 Å². The molecule has 0 heterocycles. The Morgan fingerprint density at radius 1 is 1.17 bits per heavy atom. The summed E-state index contributed by atoms with van der Waals surface area (Å²) >= 11 is 6.18. The van der Waals surface area contributed by atoms with E-state index in [1.807, 2.05) is 25.2 Å². The topological polar surface area (TPSA) is 29.3 Å². The van der Waals surface area contributed by atoms with Gasteiger partial charge in [-0.2, -0.15) is 0 Å². The number of nitrogen functional groups attached to an aromatic ring is 1. The summed E-state index contributed by atoms with van der Waals surface area (Å²) in [5.74, 6) is 0. The Morgan fingerprint density at radius 3 is 2.67 bits per heavy atom. The number of aryl methyl sites for hydroxylation is 1. The Kier molecular flexibility index (Phi) is 3.78. The summed E-state index contributed by atoms with van der Waals surface area (Å²) in [4.78, 5) is 2.16. The zero-order chi connectivity index (χ0) is 13.1. The fourth-order valence-electron chi connectivity index (χ4n) is 1.93. The fourth-order valence-corrected chi connectivity index (χ4v) is 2.11. The molecule has 3 heteroatoms. The summed E-state index contributed by atoms with van der Waals surface area (Å²) < 4.78 is 0. The summed E-state index contributed by atoms with van der Waals surface area (Å²) in [6.45, 7) is 2.83. The van der Waals surface area contributed by atoms with Gasteiger partial charge in [0.2, 0.25) is 0 Å². The fraction of sp³-hybridized carbons (Fsp3) is 0.200. The molecule has 0 saturated carbocycles. The van der Waals surface area contributed by atoms with Gasteiger partial charge in [-0.05, 0) is 48.4 Å². The summed E-state index contributed by atoms with van der Waals surface area (Å²) in [5.41, 5.74) is 10.00. The van der Waals surface area contributed by atoms with Gasteiger partial charge in [0.15, 0.2) is 0 Å². The van der Waals surface area contributed by atoms with Gasteiger partial charge in [0.25, 0.3) is 0 Å². The number of hydrogen-bond donors (Lipinski definition) is 1. The van der Waals surface area contributed by atoms with E-state index < -0.39 is 0 Å². The van der Waals surface area contributed by atoms with E-state index in [0.717, 1.165) is 22.8 Å². The molecule has 94 valence electrons. The molecule has 0 bridgehead atoms. The minimum Gasteiger partial charge on any atom is -0.399 e. The first-order valence-corrected chi connectivity index (χ1v) is 6.26. The van der Waals surface area contributed by atoms with E-state index in [-0.39, 0.29) is 0 Å². The van der Waals surface area contributed by atoms with Gasteiger partial charge >= 0.3 is 0 Å². The SMILES string of the molecule is Cc1cccc(N(C)Cc2cc(N)ccc2Cl)c1. The highest BCUT2D eigenvalue weighted by atomic mass is 35.5. The van der Waals surface area contributed by atoms with Gasteiger partial charge < -0.3 is 10.6 Å². The Bertz CT molecular complexity index is 552. The molecule has 0 aromatic heterocycles. The Labute approximate surface area is 113 Å². The van der Waals surface area contributed by atoms with Gasteiger partial charge in [-0.3, -0.25) is 0 Å². The highest BCUT2D eigenvalue weighted by molar-refractivity contribution is 6.31. The molecule has 0 aliphatic heterocycles. The molecule has 2 aromatic rings. The van der Waals surface area contributed by atoms with Crippen LogP contribution in [0.15, 0.2) is 42.5 Å². The molecule has 18 heavy (non-hydrogen) atoms. The first kappa shape index (κ1) is 12.8. The van der Waals surface area contributed by atoms with Crippen molar-refractivity contribution in [1.82, 2.24) is 0 Å². The van der Waals surface area contributed by atoms with Crippen molar-refractivity contribution in [1.29, 1.82) is 0 Å². The van der Waals surface area contributed by atoms with Crippen LogP contribution in [0.1, 0.15) is 11.1 Å². The average Bonchev–Trinajstić information content (AvgIpc) is 2.34. The van der Waals surface area contributed by atoms with E-state index in [4.69, 9.17) is 17.3 Å². The summed E-state index contributed by atoms with van der Waals surface area (Å²) in [6.07, 6.45) is 0. The lowest BCUT2D eigenvalue weighted by atomic mass is 10.1. The summed E-state index contributed by atoms with van der Waals surface area (Å²) in [5, 5.41) is 0.753. The number of rotatable bonds is 3. The van der Waals surface area contributed by atoms with Crippen LogP contribution in [-0.4, -0.2) is 7.05 Å². The quantitative estimate of drug-likeness (QED) is 0.849. The van der Waals surface area contributed by atoms with Gasteiger partial charge in [0.05, 0.1) is 0 Å². The number of nitrogens with two attached hydrogens (primary N) is 1. The number of benzene rings is 2. The van der Waals surface area contributed by atoms with Crippen LogP contribution in [0.4, 0.5) is 11.4 Å². The van der Waals surface area contributed by atoms with Gasteiger partial charge in [-0.15, -0.1) is 0 Å². The minimum atomic E-state index is 0.743. The van der Waals surface area contributed by atoms with Crippen molar-refractivity contribution in [3.05, 3.63) is 58.6 Å². The molecule has 0 saturated heterocycles. The maximum atomic E-state index is 6.18. The molecule has 0 spiro atoms. The standard InChI is InChI=1S/C15H17ClN2/c1-11-4-3-5-14(8-11)18(2)10-12-9-13(17)6-7-15(12)16/h3-9H,10,17H2,1-2H3.